The predicted octanol–water partition coefficient (Wildman–Crippen LogP) is 3.05. The first kappa shape index (κ1) is 11.6. The molecule has 0 amide bonds. The molecule has 2 nitrogen and oxygen atoms in total. The van der Waals surface area contributed by atoms with E-state index in [1.807, 2.05) is 37.3 Å². The van der Waals surface area contributed by atoms with Crippen LogP contribution in [-0.2, 0) is 27.2 Å². The first-order valence-electron chi connectivity index (χ1n) is 4.56. The van der Waals surface area contributed by atoms with Gasteiger partial charge in [-0.25, -0.2) is 0 Å². The Morgan fingerprint density at radius 2 is 2.13 bits per heavy atom. The Kier molecular flexibility index (Phi) is 4.71. The van der Waals surface area contributed by atoms with Crippen LogP contribution >= 0.6 is 0 Å². The molecule has 0 aliphatic heterocycles. The van der Waals surface area contributed by atoms with Crippen molar-refractivity contribution in [3.63, 3.8) is 0 Å². The molecule has 0 N–H and O–H groups in total. The maximum absolute atomic E-state index is 10.4. The van der Waals surface area contributed by atoms with Gasteiger partial charge in [0.05, 0.1) is 5.76 Å². The number of benzene rings is 1. The molecule has 0 saturated heterocycles. The molecule has 0 atom stereocenters. The van der Waals surface area contributed by atoms with E-state index in [0.717, 1.165) is 5.56 Å². The summed E-state index contributed by atoms with van der Waals surface area (Å²) in [6.07, 6.45) is 1.64. The smallest absolute Gasteiger partial charge is 0.493 e. The van der Waals surface area contributed by atoms with E-state index in [4.69, 9.17) is 4.74 Å². The molecule has 0 radical (unpaired) electrons. The monoisotopic (exact) mass is 221 g/mol. The van der Waals surface area contributed by atoms with Gasteiger partial charge in [0.15, 0.2) is 0 Å². The molecular formula is C12H13O2S+. The van der Waals surface area contributed by atoms with Crippen LogP contribution in [-0.4, -0.2) is 0 Å². The normalized spacial score (nSPS) is 10.9. The van der Waals surface area contributed by atoms with E-state index in [2.05, 4.69) is 6.58 Å². The first-order chi connectivity index (χ1) is 7.22. The predicted molar refractivity (Wildman–Crippen MR) is 62.2 cm³/mol. The van der Waals surface area contributed by atoms with Crippen molar-refractivity contribution < 1.29 is 8.95 Å². The van der Waals surface area contributed by atoms with Gasteiger partial charge in [-0.1, -0.05) is 30.3 Å². The number of rotatable bonds is 5. The molecule has 3 heteroatoms. The van der Waals surface area contributed by atoms with Crippen molar-refractivity contribution in [3.05, 3.63) is 59.2 Å². The van der Waals surface area contributed by atoms with Crippen LogP contribution in [0.4, 0.5) is 0 Å². The lowest BCUT2D eigenvalue weighted by Gasteiger charge is -2.04. The van der Waals surface area contributed by atoms with Crippen LogP contribution in [0.1, 0.15) is 12.5 Å². The molecule has 0 unspecified atom stereocenters. The van der Waals surface area contributed by atoms with E-state index in [1.54, 1.807) is 6.08 Å². The molecule has 0 aromatic heterocycles. The van der Waals surface area contributed by atoms with Crippen LogP contribution < -0.4 is 0 Å². The zero-order valence-corrected chi connectivity index (χ0v) is 9.42. The van der Waals surface area contributed by atoms with Crippen molar-refractivity contribution in [1.82, 2.24) is 0 Å². The Bertz CT molecular complexity index is 368. The van der Waals surface area contributed by atoms with Gasteiger partial charge in [0.2, 0.25) is 0 Å². The molecule has 0 bridgehead atoms. The highest BCUT2D eigenvalue weighted by atomic mass is 32.1. The minimum atomic E-state index is 0.374. The lowest BCUT2D eigenvalue weighted by molar-refractivity contribution is 0.201. The van der Waals surface area contributed by atoms with Crippen LogP contribution in [0.15, 0.2) is 53.7 Å². The lowest BCUT2D eigenvalue weighted by atomic mass is 10.2. The Morgan fingerprint density at radius 1 is 1.47 bits per heavy atom. The van der Waals surface area contributed by atoms with Gasteiger partial charge in [-0.2, -0.15) is 0 Å². The van der Waals surface area contributed by atoms with Gasteiger partial charge in [0.1, 0.15) is 6.61 Å². The lowest BCUT2D eigenvalue weighted by Crippen LogP contribution is -1.90. The van der Waals surface area contributed by atoms with E-state index in [9.17, 15) is 4.21 Å². The average Bonchev–Trinajstić information content (AvgIpc) is 2.27. The Labute approximate surface area is 93.8 Å². The highest BCUT2D eigenvalue weighted by molar-refractivity contribution is 7.70. The topological polar surface area (TPSA) is 26.3 Å². The van der Waals surface area contributed by atoms with E-state index in [0.29, 0.717) is 28.9 Å². The first-order valence-corrected chi connectivity index (χ1v) is 5.30. The van der Waals surface area contributed by atoms with Gasteiger partial charge in [-0.3, -0.25) is 0 Å². The van der Waals surface area contributed by atoms with Gasteiger partial charge in [0, 0.05) is 10.3 Å². The molecule has 0 spiro atoms. The molecule has 1 aromatic carbocycles. The zero-order valence-electron chi connectivity index (χ0n) is 8.60. The van der Waals surface area contributed by atoms with Gasteiger partial charge in [0.25, 0.3) is 4.91 Å². The molecule has 1 aromatic rings. The average molecular weight is 221 g/mol. The second-order valence-corrected chi connectivity index (χ2v) is 3.77. The molecule has 78 valence electrons. The Morgan fingerprint density at radius 3 is 2.73 bits per heavy atom. The summed E-state index contributed by atoms with van der Waals surface area (Å²) >= 11 is 0.374. The fourth-order valence-electron chi connectivity index (χ4n) is 1.06. The van der Waals surface area contributed by atoms with Crippen LogP contribution in [0, 0.1) is 0 Å². The molecular weight excluding hydrogens is 208 g/mol. The van der Waals surface area contributed by atoms with Gasteiger partial charge >= 0.3 is 11.7 Å². The summed E-state index contributed by atoms with van der Waals surface area (Å²) in [7, 11) is 0. The second-order valence-electron chi connectivity index (χ2n) is 3.08. The zero-order chi connectivity index (χ0) is 11.1. The fraction of sp³-hybridized carbons (Fsp3) is 0.167. The van der Waals surface area contributed by atoms with Crippen molar-refractivity contribution in [1.29, 1.82) is 0 Å². The molecule has 15 heavy (non-hydrogen) atoms. The minimum absolute atomic E-state index is 0.374. The van der Waals surface area contributed by atoms with Crippen molar-refractivity contribution in [2.75, 3.05) is 0 Å². The largest absolute Gasteiger partial charge is 0.504 e. The minimum Gasteiger partial charge on any atom is -0.493 e. The molecule has 1 rings (SSSR count). The van der Waals surface area contributed by atoms with Crippen LogP contribution in [0.3, 0.4) is 0 Å². The maximum Gasteiger partial charge on any atom is 0.504 e. The third-order valence-corrected chi connectivity index (χ3v) is 2.11. The highest BCUT2D eigenvalue weighted by Gasteiger charge is 2.04. The standard InChI is InChI=1S/C12H13O2S/c1-10(8-11(2)15-13)14-9-12-6-4-3-5-7-12/h3-8H,2,9H2,1H3/q+1/b10-8+. The highest BCUT2D eigenvalue weighted by Crippen LogP contribution is 2.07. The van der Waals surface area contributed by atoms with Crippen molar-refractivity contribution in [2.24, 2.45) is 0 Å². The summed E-state index contributed by atoms with van der Waals surface area (Å²) in [6.45, 7) is 5.89. The Hall–Kier alpha value is -1.48. The van der Waals surface area contributed by atoms with Crippen LogP contribution in [0.25, 0.3) is 0 Å². The van der Waals surface area contributed by atoms with Gasteiger partial charge in [-0.05, 0) is 19.1 Å². The maximum atomic E-state index is 10.4. The number of ether oxygens (including phenoxy) is 1. The van der Waals surface area contributed by atoms with E-state index < -0.39 is 0 Å². The number of allylic oxidation sites excluding steroid dienone is 2. The summed E-state index contributed by atoms with van der Waals surface area (Å²) in [4.78, 5) is 0.459. The van der Waals surface area contributed by atoms with E-state index in [1.165, 1.54) is 0 Å². The molecule has 0 heterocycles. The number of hydrogen-bond donors (Lipinski definition) is 0. The summed E-state index contributed by atoms with van der Waals surface area (Å²) in [5.41, 5.74) is 1.10. The van der Waals surface area contributed by atoms with Crippen molar-refractivity contribution >= 4 is 11.7 Å². The van der Waals surface area contributed by atoms with Gasteiger partial charge in [-0.15, -0.1) is 0 Å². The molecule has 0 saturated carbocycles. The molecule has 0 aliphatic carbocycles. The summed E-state index contributed by atoms with van der Waals surface area (Å²) < 4.78 is 15.8. The number of hydrogen-bond acceptors (Lipinski definition) is 2. The quantitative estimate of drug-likeness (QED) is 0.434. The van der Waals surface area contributed by atoms with E-state index in [-0.39, 0.29) is 0 Å². The fourth-order valence-corrected chi connectivity index (χ4v) is 1.28. The van der Waals surface area contributed by atoms with Crippen LogP contribution in [0.2, 0.25) is 0 Å². The second kappa shape index (κ2) is 6.09. The summed E-state index contributed by atoms with van der Waals surface area (Å²) in [5.74, 6) is 0.701. The SMILES string of the molecule is C=C(/C=C(\C)OCc1ccccc1)[S+]=O. The summed E-state index contributed by atoms with van der Waals surface area (Å²) in [5, 5.41) is 0. The Balaban J connectivity index is 2.47. The van der Waals surface area contributed by atoms with Crippen LogP contribution in [0.5, 0.6) is 0 Å². The molecule has 0 fully saturated rings. The summed E-state index contributed by atoms with van der Waals surface area (Å²) in [6, 6.07) is 9.87. The van der Waals surface area contributed by atoms with Crippen molar-refractivity contribution in [2.45, 2.75) is 13.5 Å². The molecule has 0 aliphatic rings. The van der Waals surface area contributed by atoms with Gasteiger partial charge < -0.3 is 4.74 Å². The van der Waals surface area contributed by atoms with Crippen molar-refractivity contribution in [3.8, 4) is 0 Å². The third kappa shape index (κ3) is 4.51. The van der Waals surface area contributed by atoms with E-state index >= 15 is 0 Å². The third-order valence-electron chi connectivity index (χ3n) is 1.78.